The first-order valence-electron chi connectivity index (χ1n) is 11.3. The number of halogens is 2. The van der Waals surface area contributed by atoms with E-state index >= 15 is 0 Å². The summed E-state index contributed by atoms with van der Waals surface area (Å²) in [6, 6.07) is 10.9. The molecule has 0 radical (unpaired) electrons. The summed E-state index contributed by atoms with van der Waals surface area (Å²) in [5.74, 6) is 0.553. The fourth-order valence-corrected chi connectivity index (χ4v) is 6.20. The number of hydrogen-bond donors (Lipinski definition) is 1. The summed E-state index contributed by atoms with van der Waals surface area (Å²) < 4.78 is 1.76. The normalized spacial score (nSPS) is 20.8. The molecule has 3 atom stereocenters. The third-order valence-corrected chi connectivity index (χ3v) is 8.56. The Morgan fingerprint density at radius 3 is 2.89 bits per heavy atom. The van der Waals surface area contributed by atoms with Crippen molar-refractivity contribution in [3.8, 4) is 10.4 Å². The second-order valence-corrected chi connectivity index (χ2v) is 11.0. The summed E-state index contributed by atoms with van der Waals surface area (Å²) >= 11 is 13.8. The lowest BCUT2D eigenvalue weighted by Crippen LogP contribution is -2.46. The number of carbonyl (C=O) groups excluding carboxylic acids is 2. The molecule has 178 valence electrons. The van der Waals surface area contributed by atoms with Gasteiger partial charge >= 0.3 is 0 Å². The molecular formula is C25H21Cl2N5O2S. The molecule has 0 bridgehead atoms. The molecule has 1 aliphatic carbocycles. The van der Waals surface area contributed by atoms with E-state index in [0.29, 0.717) is 52.0 Å². The van der Waals surface area contributed by atoms with Gasteiger partial charge in [0.25, 0.3) is 11.8 Å². The maximum atomic E-state index is 13.7. The summed E-state index contributed by atoms with van der Waals surface area (Å²) in [6.45, 7) is 2.95. The predicted octanol–water partition coefficient (Wildman–Crippen LogP) is 4.96. The number of likely N-dealkylation sites (tertiary alicyclic amines) is 1. The van der Waals surface area contributed by atoms with Gasteiger partial charge in [0.1, 0.15) is 17.0 Å². The van der Waals surface area contributed by atoms with Crippen LogP contribution in [-0.4, -0.2) is 50.2 Å². The molecule has 7 nitrogen and oxygen atoms in total. The Hall–Kier alpha value is -2.94. The average Bonchev–Trinajstić information content (AvgIpc) is 3.18. The van der Waals surface area contributed by atoms with Crippen LogP contribution in [-0.2, 0) is 0 Å². The van der Waals surface area contributed by atoms with E-state index in [-0.39, 0.29) is 17.9 Å². The lowest BCUT2D eigenvalue weighted by Gasteiger charge is -2.27. The van der Waals surface area contributed by atoms with E-state index in [1.54, 1.807) is 22.7 Å². The third-order valence-electron chi connectivity index (χ3n) is 6.80. The number of amides is 2. The molecule has 0 unspecified atom stereocenters. The fourth-order valence-electron chi connectivity index (χ4n) is 5.00. The first kappa shape index (κ1) is 22.5. The second kappa shape index (κ2) is 8.62. The summed E-state index contributed by atoms with van der Waals surface area (Å²) in [5, 5.41) is 4.73. The first-order chi connectivity index (χ1) is 16.9. The van der Waals surface area contributed by atoms with Crippen LogP contribution in [0.1, 0.15) is 32.4 Å². The minimum atomic E-state index is -0.207. The van der Waals surface area contributed by atoms with E-state index < -0.39 is 0 Å². The monoisotopic (exact) mass is 525 g/mol. The van der Waals surface area contributed by atoms with Crippen LogP contribution in [0.15, 0.2) is 48.8 Å². The molecule has 1 aliphatic heterocycles. The number of nitrogens with one attached hydrogen (secondary N) is 1. The fraction of sp³-hybridized carbons (Fsp3) is 0.280. The molecule has 1 saturated carbocycles. The second-order valence-electron chi connectivity index (χ2n) is 9.01. The molecule has 2 fully saturated rings. The van der Waals surface area contributed by atoms with Crippen molar-refractivity contribution in [1.82, 2.24) is 24.6 Å². The Morgan fingerprint density at radius 2 is 2.06 bits per heavy atom. The van der Waals surface area contributed by atoms with Crippen LogP contribution >= 0.6 is 34.5 Å². The van der Waals surface area contributed by atoms with Gasteiger partial charge in [0.2, 0.25) is 0 Å². The topological polar surface area (TPSA) is 79.6 Å². The van der Waals surface area contributed by atoms with Crippen molar-refractivity contribution in [3.05, 3.63) is 75.2 Å². The molecule has 0 spiro atoms. The molecule has 35 heavy (non-hydrogen) atoms. The number of nitrogens with zero attached hydrogens (tertiary/aromatic N) is 4. The van der Waals surface area contributed by atoms with Gasteiger partial charge < -0.3 is 10.2 Å². The highest BCUT2D eigenvalue weighted by atomic mass is 35.5. The highest BCUT2D eigenvalue weighted by Gasteiger charge is 2.54. The Balaban J connectivity index is 1.23. The van der Waals surface area contributed by atoms with E-state index in [4.69, 9.17) is 23.2 Å². The van der Waals surface area contributed by atoms with Crippen LogP contribution < -0.4 is 5.32 Å². The average molecular weight is 526 g/mol. The maximum Gasteiger partial charge on any atom is 0.274 e. The molecule has 1 saturated heterocycles. The minimum absolute atomic E-state index is 0.0701. The van der Waals surface area contributed by atoms with Crippen molar-refractivity contribution in [2.45, 2.75) is 19.4 Å². The van der Waals surface area contributed by atoms with Gasteiger partial charge in [-0.25, -0.2) is 9.97 Å². The number of aryl methyl sites for hydroxylation is 1. The SMILES string of the molecule is Cc1nc(C(=O)N2C[C@@H]3C[C@@H]3[C@H]2CNC(=O)c2cnc3ccccn23)c(-c2ccc(Cl)c(Cl)c2)s1. The number of imidazole rings is 1. The van der Waals surface area contributed by atoms with Gasteiger partial charge in [-0.15, -0.1) is 11.3 Å². The lowest BCUT2D eigenvalue weighted by molar-refractivity contribution is 0.0690. The van der Waals surface area contributed by atoms with Gasteiger partial charge in [-0.3, -0.25) is 14.0 Å². The van der Waals surface area contributed by atoms with E-state index in [1.807, 2.05) is 42.3 Å². The number of hydrogen-bond acceptors (Lipinski definition) is 5. The van der Waals surface area contributed by atoms with Crippen LogP contribution in [0.3, 0.4) is 0 Å². The van der Waals surface area contributed by atoms with E-state index in [0.717, 1.165) is 21.9 Å². The molecule has 1 N–H and O–H groups in total. The van der Waals surface area contributed by atoms with Crippen molar-refractivity contribution < 1.29 is 9.59 Å². The van der Waals surface area contributed by atoms with E-state index in [2.05, 4.69) is 15.3 Å². The van der Waals surface area contributed by atoms with E-state index in [9.17, 15) is 9.59 Å². The molecular weight excluding hydrogens is 505 g/mol. The zero-order valence-electron chi connectivity index (χ0n) is 18.7. The van der Waals surface area contributed by atoms with Crippen molar-refractivity contribution in [2.75, 3.05) is 13.1 Å². The van der Waals surface area contributed by atoms with Crippen LogP contribution in [0.2, 0.25) is 10.0 Å². The largest absolute Gasteiger partial charge is 0.349 e. The molecule has 4 heterocycles. The molecule has 10 heteroatoms. The van der Waals surface area contributed by atoms with Gasteiger partial charge in [-0.2, -0.15) is 0 Å². The number of aromatic nitrogens is 3. The zero-order chi connectivity index (χ0) is 24.3. The molecule has 4 aromatic rings. The highest BCUT2D eigenvalue weighted by Crippen LogP contribution is 2.50. The number of carbonyl (C=O) groups is 2. The Kier molecular flexibility index (Phi) is 5.55. The van der Waals surface area contributed by atoms with Crippen molar-refractivity contribution >= 4 is 52.0 Å². The van der Waals surface area contributed by atoms with Gasteiger partial charge in [0.15, 0.2) is 0 Å². The lowest BCUT2D eigenvalue weighted by atomic mass is 10.1. The van der Waals surface area contributed by atoms with Crippen LogP contribution in [0.4, 0.5) is 0 Å². The number of rotatable bonds is 5. The number of pyridine rings is 1. The van der Waals surface area contributed by atoms with E-state index in [1.165, 1.54) is 11.3 Å². The van der Waals surface area contributed by atoms with Gasteiger partial charge in [0.05, 0.1) is 32.2 Å². The molecule has 1 aromatic carbocycles. The third kappa shape index (κ3) is 3.99. The highest BCUT2D eigenvalue weighted by molar-refractivity contribution is 7.15. The predicted molar refractivity (Wildman–Crippen MR) is 136 cm³/mol. The van der Waals surface area contributed by atoms with Crippen molar-refractivity contribution in [2.24, 2.45) is 11.8 Å². The van der Waals surface area contributed by atoms with Crippen LogP contribution in [0.5, 0.6) is 0 Å². The molecule has 2 amide bonds. The Bertz CT molecular complexity index is 1480. The minimum Gasteiger partial charge on any atom is -0.349 e. The van der Waals surface area contributed by atoms with Crippen LogP contribution in [0.25, 0.3) is 16.1 Å². The summed E-state index contributed by atoms with van der Waals surface area (Å²) in [5.41, 5.74) is 2.42. The maximum absolute atomic E-state index is 13.7. The van der Waals surface area contributed by atoms with Gasteiger partial charge in [-0.1, -0.05) is 35.3 Å². The molecule has 2 aliphatic rings. The summed E-state index contributed by atoms with van der Waals surface area (Å²) in [6.07, 6.45) is 4.47. The Morgan fingerprint density at radius 1 is 1.20 bits per heavy atom. The smallest absolute Gasteiger partial charge is 0.274 e. The quantitative estimate of drug-likeness (QED) is 0.399. The summed E-state index contributed by atoms with van der Waals surface area (Å²) in [7, 11) is 0. The number of piperidine rings is 1. The zero-order valence-corrected chi connectivity index (χ0v) is 21.1. The Labute approximate surface area is 215 Å². The first-order valence-corrected chi connectivity index (χ1v) is 12.9. The molecule has 6 rings (SSSR count). The number of thiazole rings is 1. The number of benzene rings is 1. The molecule has 3 aromatic heterocycles. The van der Waals surface area contributed by atoms with Crippen molar-refractivity contribution in [1.29, 1.82) is 0 Å². The van der Waals surface area contributed by atoms with Crippen molar-refractivity contribution in [3.63, 3.8) is 0 Å². The van der Waals surface area contributed by atoms with Gasteiger partial charge in [-0.05, 0) is 55.0 Å². The van der Waals surface area contributed by atoms with Gasteiger partial charge in [0, 0.05) is 19.3 Å². The van der Waals surface area contributed by atoms with Crippen LogP contribution in [0, 0.1) is 18.8 Å². The summed E-state index contributed by atoms with van der Waals surface area (Å²) in [4.78, 5) is 38.2. The standard InChI is InChI=1S/C25H21Cl2N5O2S/c1-13-30-22(23(35-13)14-5-6-17(26)18(27)9-14)25(34)32-12-15-8-16(15)19(32)10-29-24(33)20-11-28-21-4-2-3-7-31(20)21/h2-7,9,11,15-16,19H,8,10,12H2,1H3,(H,29,33)/t15-,16-,19+/m0/s1. The number of fused-ring (bicyclic) bond motifs is 2.